The molecule has 1 aromatic carbocycles. The van der Waals surface area contributed by atoms with Gasteiger partial charge in [-0.3, -0.25) is 0 Å². The number of carboxylic acid groups (broad SMARTS) is 1. The van der Waals surface area contributed by atoms with Crippen LogP contribution in [0, 0.1) is 6.92 Å². The van der Waals surface area contributed by atoms with Gasteiger partial charge in [-0.25, -0.2) is 4.98 Å². The normalized spacial score (nSPS) is 10.2. The largest absolute Gasteiger partial charge is 0.545 e. The fraction of sp³-hybridized carbons (Fsp3) is 0.0769. The lowest BCUT2D eigenvalue weighted by atomic mass is 10.2. The van der Waals surface area contributed by atoms with Gasteiger partial charge in [0.05, 0.1) is 5.97 Å². The van der Waals surface area contributed by atoms with Crippen molar-refractivity contribution in [3.8, 4) is 0 Å². The first-order valence-corrected chi connectivity index (χ1v) is 5.89. The standard InChI is InChI=1S/C13H11NO2S/c1-9-4-6-10(7-5-9)17-12-11(13(15)16)3-2-8-14-12/h2-8H,1H3,(H,15,16)/p-1. The number of rotatable bonds is 3. The van der Waals surface area contributed by atoms with Crippen molar-refractivity contribution in [3.05, 3.63) is 53.7 Å². The van der Waals surface area contributed by atoms with Crippen LogP contribution in [-0.2, 0) is 0 Å². The van der Waals surface area contributed by atoms with Gasteiger partial charge in [0.15, 0.2) is 0 Å². The Balaban J connectivity index is 2.30. The van der Waals surface area contributed by atoms with Crippen LogP contribution in [0.3, 0.4) is 0 Å². The molecule has 0 bridgehead atoms. The topological polar surface area (TPSA) is 53.0 Å². The minimum Gasteiger partial charge on any atom is -0.545 e. The average Bonchev–Trinajstić information content (AvgIpc) is 2.32. The monoisotopic (exact) mass is 244 g/mol. The summed E-state index contributed by atoms with van der Waals surface area (Å²) in [5.74, 6) is -1.20. The van der Waals surface area contributed by atoms with Gasteiger partial charge in [0, 0.05) is 16.7 Å². The maximum atomic E-state index is 10.9. The molecule has 0 saturated carbocycles. The molecule has 1 heterocycles. The number of carbonyl (C=O) groups excluding carboxylic acids is 1. The second kappa shape index (κ2) is 5.01. The van der Waals surface area contributed by atoms with Crippen LogP contribution >= 0.6 is 11.8 Å². The molecule has 2 aromatic rings. The molecule has 0 fully saturated rings. The van der Waals surface area contributed by atoms with Crippen molar-refractivity contribution in [1.82, 2.24) is 4.98 Å². The van der Waals surface area contributed by atoms with Crippen molar-refractivity contribution >= 4 is 17.7 Å². The highest BCUT2D eigenvalue weighted by Crippen LogP contribution is 2.28. The SMILES string of the molecule is Cc1ccc(Sc2ncccc2C(=O)[O-])cc1. The number of aromatic carboxylic acids is 1. The second-order valence-electron chi connectivity index (χ2n) is 3.56. The van der Waals surface area contributed by atoms with E-state index in [9.17, 15) is 9.90 Å². The highest BCUT2D eigenvalue weighted by molar-refractivity contribution is 7.99. The van der Waals surface area contributed by atoms with E-state index >= 15 is 0 Å². The number of nitrogens with zero attached hydrogens (tertiary/aromatic N) is 1. The molecular weight excluding hydrogens is 234 g/mol. The Bertz CT molecular complexity index is 537. The minimum absolute atomic E-state index is 0.123. The summed E-state index contributed by atoms with van der Waals surface area (Å²) in [5.41, 5.74) is 1.29. The Morgan fingerprint density at radius 3 is 2.59 bits per heavy atom. The molecule has 0 unspecified atom stereocenters. The summed E-state index contributed by atoms with van der Waals surface area (Å²) >= 11 is 1.32. The number of carboxylic acids is 1. The van der Waals surface area contributed by atoms with Gasteiger partial charge in [-0.1, -0.05) is 29.5 Å². The van der Waals surface area contributed by atoms with E-state index in [0.717, 1.165) is 10.5 Å². The summed E-state index contributed by atoms with van der Waals surface area (Å²) in [6.45, 7) is 2.00. The average molecular weight is 244 g/mol. The fourth-order valence-electron chi connectivity index (χ4n) is 1.35. The minimum atomic E-state index is -1.20. The summed E-state index contributed by atoms with van der Waals surface area (Å²) in [5, 5.41) is 11.4. The van der Waals surface area contributed by atoms with E-state index in [4.69, 9.17) is 0 Å². The van der Waals surface area contributed by atoms with E-state index in [1.165, 1.54) is 17.8 Å². The molecule has 0 aliphatic heterocycles. The molecule has 0 aliphatic carbocycles. The highest BCUT2D eigenvalue weighted by Gasteiger charge is 2.05. The van der Waals surface area contributed by atoms with Crippen LogP contribution in [0.4, 0.5) is 0 Å². The molecule has 0 aliphatic rings. The van der Waals surface area contributed by atoms with Gasteiger partial charge in [-0.05, 0) is 31.2 Å². The summed E-state index contributed by atoms with van der Waals surface area (Å²) in [6.07, 6.45) is 1.57. The van der Waals surface area contributed by atoms with Crippen molar-refractivity contribution in [2.24, 2.45) is 0 Å². The first kappa shape index (κ1) is 11.7. The van der Waals surface area contributed by atoms with Crippen molar-refractivity contribution in [3.63, 3.8) is 0 Å². The lowest BCUT2D eigenvalue weighted by Gasteiger charge is -2.08. The molecule has 0 amide bonds. The quantitative estimate of drug-likeness (QED) is 0.827. The van der Waals surface area contributed by atoms with Crippen LogP contribution in [0.5, 0.6) is 0 Å². The zero-order valence-corrected chi connectivity index (χ0v) is 10.0. The smallest absolute Gasteiger partial charge is 0.110 e. The van der Waals surface area contributed by atoms with Gasteiger partial charge >= 0.3 is 0 Å². The van der Waals surface area contributed by atoms with Crippen molar-refractivity contribution in [2.45, 2.75) is 16.8 Å². The molecule has 2 rings (SSSR count). The molecule has 17 heavy (non-hydrogen) atoms. The first-order valence-electron chi connectivity index (χ1n) is 5.08. The van der Waals surface area contributed by atoms with Crippen LogP contribution < -0.4 is 5.11 Å². The van der Waals surface area contributed by atoms with Crippen molar-refractivity contribution in [2.75, 3.05) is 0 Å². The lowest BCUT2D eigenvalue weighted by Crippen LogP contribution is -2.23. The number of hydrogen-bond donors (Lipinski definition) is 0. The summed E-state index contributed by atoms with van der Waals surface area (Å²) in [6, 6.07) is 10.9. The van der Waals surface area contributed by atoms with Gasteiger partial charge in [-0.15, -0.1) is 0 Å². The zero-order valence-electron chi connectivity index (χ0n) is 9.21. The summed E-state index contributed by atoms with van der Waals surface area (Å²) < 4.78 is 0. The van der Waals surface area contributed by atoms with Crippen LogP contribution in [0.15, 0.2) is 52.5 Å². The van der Waals surface area contributed by atoms with E-state index in [1.54, 1.807) is 12.3 Å². The molecule has 0 spiro atoms. The molecule has 4 heteroatoms. The lowest BCUT2D eigenvalue weighted by molar-refractivity contribution is -0.255. The molecule has 0 N–H and O–H groups in total. The molecular formula is C13H10NO2S-. The van der Waals surface area contributed by atoms with E-state index in [-0.39, 0.29) is 5.56 Å². The van der Waals surface area contributed by atoms with Gasteiger partial charge in [0.2, 0.25) is 0 Å². The molecule has 1 aromatic heterocycles. The summed E-state index contributed by atoms with van der Waals surface area (Å²) in [7, 11) is 0. The number of aromatic nitrogens is 1. The predicted molar refractivity (Wildman–Crippen MR) is 63.9 cm³/mol. The zero-order chi connectivity index (χ0) is 12.3. The van der Waals surface area contributed by atoms with E-state index < -0.39 is 5.97 Å². The van der Waals surface area contributed by atoms with Crippen molar-refractivity contribution in [1.29, 1.82) is 0 Å². The van der Waals surface area contributed by atoms with Crippen LogP contribution in [0.2, 0.25) is 0 Å². The molecule has 3 nitrogen and oxygen atoms in total. The number of aryl methyl sites for hydroxylation is 1. The number of carbonyl (C=O) groups is 1. The third-order valence-electron chi connectivity index (χ3n) is 2.23. The Labute approximate surface area is 104 Å². The highest BCUT2D eigenvalue weighted by atomic mass is 32.2. The van der Waals surface area contributed by atoms with Gasteiger partial charge in [0.25, 0.3) is 0 Å². The van der Waals surface area contributed by atoms with Crippen LogP contribution in [0.25, 0.3) is 0 Å². The molecule has 0 radical (unpaired) electrons. The molecule has 86 valence electrons. The van der Waals surface area contributed by atoms with Gasteiger partial charge < -0.3 is 9.90 Å². The van der Waals surface area contributed by atoms with E-state index in [1.807, 2.05) is 31.2 Å². The summed E-state index contributed by atoms with van der Waals surface area (Å²) in [4.78, 5) is 15.9. The molecule has 0 saturated heterocycles. The van der Waals surface area contributed by atoms with Crippen LogP contribution in [-0.4, -0.2) is 11.0 Å². The van der Waals surface area contributed by atoms with E-state index in [0.29, 0.717) is 5.03 Å². The Kier molecular flexibility index (Phi) is 3.44. The predicted octanol–water partition coefficient (Wildman–Crippen LogP) is 1.90. The Morgan fingerprint density at radius 2 is 1.94 bits per heavy atom. The maximum absolute atomic E-state index is 10.9. The Hall–Kier alpha value is -1.81. The van der Waals surface area contributed by atoms with Crippen molar-refractivity contribution < 1.29 is 9.90 Å². The second-order valence-corrected chi connectivity index (χ2v) is 4.62. The molecule has 0 atom stereocenters. The third-order valence-corrected chi connectivity index (χ3v) is 3.25. The number of hydrogen-bond acceptors (Lipinski definition) is 4. The van der Waals surface area contributed by atoms with Gasteiger partial charge in [0.1, 0.15) is 5.03 Å². The van der Waals surface area contributed by atoms with Gasteiger partial charge in [-0.2, -0.15) is 0 Å². The first-order chi connectivity index (χ1) is 8.16. The van der Waals surface area contributed by atoms with Crippen LogP contribution in [0.1, 0.15) is 15.9 Å². The maximum Gasteiger partial charge on any atom is 0.110 e. The number of benzene rings is 1. The fourth-order valence-corrected chi connectivity index (χ4v) is 2.22. The number of pyridine rings is 1. The Morgan fingerprint density at radius 1 is 1.24 bits per heavy atom. The third kappa shape index (κ3) is 2.85. The van der Waals surface area contributed by atoms with E-state index in [2.05, 4.69) is 4.98 Å².